The fourth-order valence-corrected chi connectivity index (χ4v) is 2.12. The lowest BCUT2D eigenvalue weighted by Gasteiger charge is -2.06. The summed E-state index contributed by atoms with van der Waals surface area (Å²) in [5, 5.41) is -0.559. The van der Waals surface area contributed by atoms with E-state index in [1.54, 1.807) is 6.92 Å². The molecule has 4 heteroatoms. The van der Waals surface area contributed by atoms with Crippen LogP contribution in [0.3, 0.4) is 0 Å². The zero-order valence-corrected chi connectivity index (χ0v) is 9.10. The zero-order chi connectivity index (χ0) is 10.5. The number of sulfone groups is 1. The number of hydrogen-bond acceptors (Lipinski definition) is 3. The number of hydrogen-bond donors (Lipinski definition) is 0. The molecule has 13 heavy (non-hydrogen) atoms. The van der Waals surface area contributed by atoms with Gasteiger partial charge in [0, 0.05) is 0 Å². The fourth-order valence-electron chi connectivity index (χ4n) is 0.861. The van der Waals surface area contributed by atoms with Crippen LogP contribution in [0, 0.1) is 0 Å². The highest BCUT2D eigenvalue weighted by atomic mass is 32.2. The molecule has 0 heterocycles. The Bertz CT molecular complexity index is 288. The average molecular weight is 204 g/mol. The van der Waals surface area contributed by atoms with Gasteiger partial charge in [0.1, 0.15) is 0 Å². The van der Waals surface area contributed by atoms with Crippen molar-refractivity contribution in [3.05, 3.63) is 12.2 Å². The standard InChI is InChI=1S/C9H16O3S/c1-4-7-13(11,12)9(3)6-5-8(2)10/h5-6,9H,4,7H2,1-3H3. The molecule has 0 fully saturated rings. The van der Waals surface area contributed by atoms with Crippen LogP contribution in [0.25, 0.3) is 0 Å². The van der Waals surface area contributed by atoms with E-state index < -0.39 is 15.1 Å². The molecular formula is C9H16O3S. The molecule has 0 bridgehead atoms. The summed E-state index contributed by atoms with van der Waals surface area (Å²) in [6.07, 6.45) is 3.35. The third-order valence-corrected chi connectivity index (χ3v) is 3.92. The summed E-state index contributed by atoms with van der Waals surface area (Å²) >= 11 is 0. The van der Waals surface area contributed by atoms with Gasteiger partial charge in [-0.05, 0) is 26.3 Å². The fraction of sp³-hybridized carbons (Fsp3) is 0.667. The van der Waals surface area contributed by atoms with E-state index in [2.05, 4.69) is 0 Å². The van der Waals surface area contributed by atoms with E-state index in [0.29, 0.717) is 6.42 Å². The molecule has 3 nitrogen and oxygen atoms in total. The molecule has 0 aliphatic rings. The van der Waals surface area contributed by atoms with Gasteiger partial charge < -0.3 is 0 Å². The Morgan fingerprint density at radius 2 is 2.00 bits per heavy atom. The van der Waals surface area contributed by atoms with Crippen molar-refractivity contribution in [1.29, 1.82) is 0 Å². The maximum Gasteiger partial charge on any atom is 0.156 e. The van der Waals surface area contributed by atoms with Gasteiger partial charge in [-0.15, -0.1) is 0 Å². The molecule has 0 saturated heterocycles. The Hall–Kier alpha value is -0.640. The summed E-state index contributed by atoms with van der Waals surface area (Å²) in [7, 11) is -3.05. The number of carbonyl (C=O) groups is 1. The van der Waals surface area contributed by atoms with Gasteiger partial charge in [-0.1, -0.05) is 13.0 Å². The predicted molar refractivity (Wildman–Crippen MR) is 53.4 cm³/mol. The van der Waals surface area contributed by atoms with Crippen LogP contribution in [-0.2, 0) is 14.6 Å². The van der Waals surface area contributed by atoms with Gasteiger partial charge in [0.05, 0.1) is 11.0 Å². The monoisotopic (exact) mass is 204 g/mol. The van der Waals surface area contributed by atoms with Crippen LogP contribution in [0.4, 0.5) is 0 Å². The van der Waals surface area contributed by atoms with Crippen LogP contribution in [0.2, 0.25) is 0 Å². The lowest BCUT2D eigenvalue weighted by molar-refractivity contribution is -0.112. The maximum atomic E-state index is 11.4. The molecule has 0 spiro atoms. The molecule has 0 radical (unpaired) electrons. The number of allylic oxidation sites excluding steroid dienone is 1. The lowest BCUT2D eigenvalue weighted by atomic mass is 10.3. The van der Waals surface area contributed by atoms with Crippen molar-refractivity contribution in [2.75, 3.05) is 5.75 Å². The normalized spacial score (nSPS) is 14.7. The second-order valence-electron chi connectivity index (χ2n) is 3.04. The zero-order valence-electron chi connectivity index (χ0n) is 8.28. The van der Waals surface area contributed by atoms with E-state index in [9.17, 15) is 13.2 Å². The van der Waals surface area contributed by atoms with Gasteiger partial charge in [-0.3, -0.25) is 4.79 Å². The van der Waals surface area contributed by atoms with E-state index in [1.807, 2.05) is 6.92 Å². The van der Waals surface area contributed by atoms with E-state index in [-0.39, 0.29) is 11.5 Å². The van der Waals surface area contributed by atoms with Crippen molar-refractivity contribution >= 4 is 15.6 Å². The largest absolute Gasteiger partial charge is 0.295 e. The highest BCUT2D eigenvalue weighted by molar-refractivity contribution is 7.92. The highest BCUT2D eigenvalue weighted by Gasteiger charge is 2.16. The molecule has 1 unspecified atom stereocenters. The van der Waals surface area contributed by atoms with Crippen molar-refractivity contribution in [1.82, 2.24) is 0 Å². The second-order valence-corrected chi connectivity index (χ2v) is 5.52. The third-order valence-electron chi connectivity index (χ3n) is 1.66. The minimum Gasteiger partial charge on any atom is -0.295 e. The van der Waals surface area contributed by atoms with E-state index in [1.165, 1.54) is 19.1 Å². The topological polar surface area (TPSA) is 51.2 Å². The SMILES string of the molecule is CCCS(=O)(=O)C(C)C=CC(C)=O. The van der Waals surface area contributed by atoms with Crippen LogP contribution < -0.4 is 0 Å². The molecular weight excluding hydrogens is 188 g/mol. The summed E-state index contributed by atoms with van der Waals surface area (Å²) in [6, 6.07) is 0. The Kier molecular flexibility index (Phi) is 4.91. The Morgan fingerprint density at radius 1 is 1.46 bits per heavy atom. The minimum absolute atomic E-state index is 0.126. The summed E-state index contributed by atoms with van der Waals surface area (Å²) < 4.78 is 22.8. The summed E-state index contributed by atoms with van der Waals surface area (Å²) in [5.74, 6) is 0.0507. The first-order valence-electron chi connectivity index (χ1n) is 4.30. The van der Waals surface area contributed by atoms with Crippen molar-refractivity contribution < 1.29 is 13.2 Å². The maximum absolute atomic E-state index is 11.4. The molecule has 0 aromatic rings. The van der Waals surface area contributed by atoms with Gasteiger partial charge >= 0.3 is 0 Å². The first kappa shape index (κ1) is 12.4. The molecule has 0 aromatic carbocycles. The molecule has 0 aromatic heterocycles. The Labute approximate surface area is 79.8 Å². The molecule has 0 saturated carbocycles. The predicted octanol–water partition coefficient (Wildman–Crippen LogP) is 1.34. The van der Waals surface area contributed by atoms with Gasteiger partial charge in [-0.2, -0.15) is 0 Å². The summed E-state index contributed by atoms with van der Waals surface area (Å²) in [4.78, 5) is 10.6. The van der Waals surface area contributed by atoms with Crippen LogP contribution in [-0.4, -0.2) is 25.2 Å². The second kappa shape index (κ2) is 5.17. The first-order valence-corrected chi connectivity index (χ1v) is 6.02. The van der Waals surface area contributed by atoms with Crippen LogP contribution in [0.15, 0.2) is 12.2 Å². The molecule has 76 valence electrons. The van der Waals surface area contributed by atoms with E-state index >= 15 is 0 Å². The van der Waals surface area contributed by atoms with Crippen LogP contribution in [0.1, 0.15) is 27.2 Å². The van der Waals surface area contributed by atoms with Gasteiger partial charge in [0.2, 0.25) is 0 Å². The minimum atomic E-state index is -3.05. The molecule has 0 N–H and O–H groups in total. The summed E-state index contributed by atoms with van der Waals surface area (Å²) in [5.41, 5.74) is 0. The van der Waals surface area contributed by atoms with Crippen molar-refractivity contribution in [2.45, 2.75) is 32.4 Å². The van der Waals surface area contributed by atoms with Crippen molar-refractivity contribution in [3.8, 4) is 0 Å². The number of ketones is 1. The summed E-state index contributed by atoms with van der Waals surface area (Å²) in [6.45, 7) is 4.80. The molecule has 0 rings (SSSR count). The average Bonchev–Trinajstić information content (AvgIpc) is 1.99. The molecule has 1 atom stereocenters. The van der Waals surface area contributed by atoms with Crippen LogP contribution in [0.5, 0.6) is 0 Å². The van der Waals surface area contributed by atoms with E-state index in [4.69, 9.17) is 0 Å². The molecule has 0 amide bonds. The van der Waals surface area contributed by atoms with Crippen LogP contribution >= 0.6 is 0 Å². The Balaban J connectivity index is 4.42. The quantitative estimate of drug-likeness (QED) is 0.635. The van der Waals surface area contributed by atoms with Gasteiger partial charge in [-0.25, -0.2) is 8.42 Å². The number of carbonyl (C=O) groups excluding carboxylic acids is 1. The van der Waals surface area contributed by atoms with Crippen molar-refractivity contribution in [2.24, 2.45) is 0 Å². The highest BCUT2D eigenvalue weighted by Crippen LogP contribution is 2.05. The lowest BCUT2D eigenvalue weighted by Crippen LogP contribution is -2.18. The Morgan fingerprint density at radius 3 is 2.38 bits per heavy atom. The van der Waals surface area contributed by atoms with Gasteiger partial charge in [0.25, 0.3) is 0 Å². The van der Waals surface area contributed by atoms with Crippen molar-refractivity contribution in [3.63, 3.8) is 0 Å². The molecule has 0 aliphatic carbocycles. The number of rotatable bonds is 5. The smallest absolute Gasteiger partial charge is 0.156 e. The van der Waals surface area contributed by atoms with Gasteiger partial charge in [0.15, 0.2) is 15.6 Å². The molecule has 0 aliphatic heterocycles. The first-order chi connectivity index (χ1) is 5.90. The third kappa shape index (κ3) is 4.83. The van der Waals surface area contributed by atoms with E-state index in [0.717, 1.165) is 0 Å².